The van der Waals surface area contributed by atoms with Gasteiger partial charge in [0.1, 0.15) is 6.29 Å². The molecule has 0 spiro atoms. The van der Waals surface area contributed by atoms with Crippen LogP contribution in [-0.4, -0.2) is 20.0 Å². The average molecular weight is 270 g/mol. The number of ether oxygens (including phenoxy) is 2. The molecular weight excluding hydrogens is 254 g/mol. The highest BCUT2D eigenvalue weighted by Crippen LogP contribution is 2.30. The number of methoxy groups -OCH3 is 1. The molecule has 0 heterocycles. The van der Waals surface area contributed by atoms with Gasteiger partial charge in [-0.15, -0.1) is 0 Å². The third-order valence-electron chi connectivity index (χ3n) is 2.54. The highest BCUT2D eigenvalue weighted by Gasteiger charge is 2.11. The molecule has 5 heteroatoms. The quantitative estimate of drug-likeness (QED) is 0.586. The molecular formula is C14H16F2O3. The first-order valence-electron chi connectivity index (χ1n) is 5.77. The van der Waals surface area contributed by atoms with Crippen molar-refractivity contribution in [2.75, 3.05) is 7.11 Å². The molecule has 0 saturated heterocycles. The van der Waals surface area contributed by atoms with Crippen molar-refractivity contribution >= 4 is 12.4 Å². The fourth-order valence-corrected chi connectivity index (χ4v) is 1.50. The minimum atomic E-state index is -2.93. The number of benzene rings is 1. The summed E-state index contributed by atoms with van der Waals surface area (Å²) >= 11 is 0. The van der Waals surface area contributed by atoms with Gasteiger partial charge in [-0.1, -0.05) is 19.9 Å². The Kier molecular flexibility index (Phi) is 5.48. The molecule has 0 aliphatic rings. The lowest BCUT2D eigenvalue weighted by atomic mass is 10.0. The maximum atomic E-state index is 12.3. The molecule has 1 aromatic rings. The van der Waals surface area contributed by atoms with E-state index in [1.54, 1.807) is 12.1 Å². The van der Waals surface area contributed by atoms with Crippen LogP contribution in [0.4, 0.5) is 8.78 Å². The smallest absolute Gasteiger partial charge is 0.387 e. The van der Waals surface area contributed by atoms with Crippen LogP contribution in [0.25, 0.3) is 6.08 Å². The third-order valence-corrected chi connectivity index (χ3v) is 2.54. The van der Waals surface area contributed by atoms with E-state index in [1.807, 2.05) is 13.8 Å². The Bertz CT molecular complexity index is 468. The number of allylic oxidation sites excluding steroid dienone is 1. The fourth-order valence-electron chi connectivity index (χ4n) is 1.50. The SMILES string of the molecule is COc1ccc(C=C(C=O)C(C)C)cc1OC(F)F. The zero-order valence-electron chi connectivity index (χ0n) is 11.0. The molecule has 0 N–H and O–H groups in total. The molecule has 0 amide bonds. The molecule has 1 aromatic carbocycles. The van der Waals surface area contributed by atoms with Gasteiger partial charge in [0.05, 0.1) is 7.11 Å². The van der Waals surface area contributed by atoms with Crippen molar-refractivity contribution in [3.63, 3.8) is 0 Å². The van der Waals surface area contributed by atoms with Gasteiger partial charge in [-0.25, -0.2) is 0 Å². The van der Waals surface area contributed by atoms with Crippen molar-refractivity contribution in [1.82, 2.24) is 0 Å². The number of rotatable bonds is 6. The number of hydrogen-bond acceptors (Lipinski definition) is 3. The molecule has 0 bridgehead atoms. The summed E-state index contributed by atoms with van der Waals surface area (Å²) in [7, 11) is 1.37. The summed E-state index contributed by atoms with van der Waals surface area (Å²) in [4.78, 5) is 10.9. The lowest BCUT2D eigenvalue weighted by Crippen LogP contribution is -2.03. The molecule has 1 rings (SSSR count). The van der Waals surface area contributed by atoms with Crippen LogP contribution in [0.5, 0.6) is 11.5 Å². The summed E-state index contributed by atoms with van der Waals surface area (Å²) < 4.78 is 33.9. The van der Waals surface area contributed by atoms with Crippen LogP contribution in [0.1, 0.15) is 19.4 Å². The Morgan fingerprint density at radius 1 is 1.26 bits per heavy atom. The molecule has 0 aliphatic carbocycles. The van der Waals surface area contributed by atoms with Crippen LogP contribution < -0.4 is 9.47 Å². The predicted octanol–water partition coefficient (Wildman–Crippen LogP) is 3.53. The van der Waals surface area contributed by atoms with E-state index in [9.17, 15) is 13.6 Å². The van der Waals surface area contributed by atoms with Crippen molar-refractivity contribution in [1.29, 1.82) is 0 Å². The second kappa shape index (κ2) is 6.87. The number of carbonyl (C=O) groups is 1. The van der Waals surface area contributed by atoms with Crippen LogP contribution in [0, 0.1) is 5.92 Å². The summed E-state index contributed by atoms with van der Waals surface area (Å²) in [5, 5.41) is 0. The van der Waals surface area contributed by atoms with Crippen LogP contribution in [-0.2, 0) is 4.79 Å². The van der Waals surface area contributed by atoms with Crippen LogP contribution >= 0.6 is 0 Å². The van der Waals surface area contributed by atoms with Crippen molar-refractivity contribution in [3.05, 3.63) is 29.3 Å². The zero-order chi connectivity index (χ0) is 14.4. The van der Waals surface area contributed by atoms with E-state index in [2.05, 4.69) is 4.74 Å². The first-order chi connectivity index (χ1) is 8.97. The molecule has 0 atom stereocenters. The van der Waals surface area contributed by atoms with Crippen molar-refractivity contribution < 1.29 is 23.0 Å². The fraction of sp³-hybridized carbons (Fsp3) is 0.357. The maximum Gasteiger partial charge on any atom is 0.387 e. The van der Waals surface area contributed by atoms with Gasteiger partial charge in [-0.2, -0.15) is 8.78 Å². The van der Waals surface area contributed by atoms with Gasteiger partial charge in [0.25, 0.3) is 0 Å². The molecule has 19 heavy (non-hydrogen) atoms. The molecule has 3 nitrogen and oxygen atoms in total. The molecule has 0 aromatic heterocycles. The number of halogens is 2. The van der Waals surface area contributed by atoms with E-state index in [1.165, 1.54) is 19.2 Å². The minimum absolute atomic E-state index is 0.0547. The second-order valence-electron chi connectivity index (χ2n) is 4.21. The van der Waals surface area contributed by atoms with Crippen LogP contribution in [0.15, 0.2) is 23.8 Å². The second-order valence-corrected chi connectivity index (χ2v) is 4.21. The third kappa shape index (κ3) is 4.35. The summed E-state index contributed by atoms with van der Waals surface area (Å²) in [6.45, 7) is 0.824. The summed E-state index contributed by atoms with van der Waals surface area (Å²) in [6.07, 6.45) is 2.39. The van der Waals surface area contributed by atoms with E-state index in [0.29, 0.717) is 11.1 Å². The Morgan fingerprint density at radius 2 is 1.95 bits per heavy atom. The molecule has 0 radical (unpaired) electrons. The first-order valence-corrected chi connectivity index (χ1v) is 5.77. The average Bonchev–Trinajstić information content (AvgIpc) is 2.35. The largest absolute Gasteiger partial charge is 0.493 e. The number of alkyl halides is 2. The standard InChI is InChI=1S/C14H16F2O3/c1-9(2)11(8-17)6-10-4-5-12(18-3)13(7-10)19-14(15)16/h4-9,14H,1-3H3. The summed E-state index contributed by atoms with van der Waals surface area (Å²) in [5.74, 6) is 0.217. The topological polar surface area (TPSA) is 35.5 Å². The highest BCUT2D eigenvalue weighted by atomic mass is 19.3. The van der Waals surface area contributed by atoms with Crippen molar-refractivity contribution in [2.45, 2.75) is 20.5 Å². The van der Waals surface area contributed by atoms with Gasteiger partial charge < -0.3 is 9.47 Å². The van der Waals surface area contributed by atoms with Gasteiger partial charge in [0.2, 0.25) is 0 Å². The van der Waals surface area contributed by atoms with Gasteiger partial charge >= 0.3 is 6.61 Å². The molecule has 0 aliphatic heterocycles. The Labute approximate surface area is 110 Å². The zero-order valence-corrected chi connectivity index (χ0v) is 11.0. The van der Waals surface area contributed by atoms with E-state index >= 15 is 0 Å². The van der Waals surface area contributed by atoms with E-state index < -0.39 is 6.61 Å². The van der Waals surface area contributed by atoms with E-state index in [0.717, 1.165) is 6.29 Å². The highest BCUT2D eigenvalue weighted by molar-refractivity contribution is 5.82. The van der Waals surface area contributed by atoms with Gasteiger partial charge in [-0.05, 0) is 35.3 Å². The Balaban J connectivity index is 3.13. The molecule has 0 unspecified atom stereocenters. The van der Waals surface area contributed by atoms with Crippen LogP contribution in [0.3, 0.4) is 0 Å². The van der Waals surface area contributed by atoms with Crippen molar-refractivity contribution in [3.8, 4) is 11.5 Å². The predicted molar refractivity (Wildman–Crippen MR) is 68.5 cm³/mol. The normalized spacial score (nSPS) is 11.8. The minimum Gasteiger partial charge on any atom is -0.493 e. The lowest BCUT2D eigenvalue weighted by molar-refractivity contribution is -0.105. The summed E-state index contributed by atoms with van der Waals surface area (Å²) in [6, 6.07) is 4.60. The Morgan fingerprint density at radius 3 is 2.42 bits per heavy atom. The van der Waals surface area contributed by atoms with Gasteiger partial charge in [0, 0.05) is 0 Å². The van der Waals surface area contributed by atoms with Gasteiger partial charge in [0.15, 0.2) is 11.5 Å². The van der Waals surface area contributed by atoms with Gasteiger partial charge in [-0.3, -0.25) is 4.79 Å². The molecule has 0 saturated carbocycles. The Hall–Kier alpha value is -1.91. The van der Waals surface area contributed by atoms with Crippen LogP contribution in [0.2, 0.25) is 0 Å². The molecule has 104 valence electrons. The summed E-state index contributed by atoms with van der Waals surface area (Å²) in [5.41, 5.74) is 1.18. The number of hydrogen-bond donors (Lipinski definition) is 0. The number of aldehydes is 1. The van der Waals surface area contributed by atoms with E-state index in [4.69, 9.17) is 4.74 Å². The monoisotopic (exact) mass is 270 g/mol. The lowest BCUT2D eigenvalue weighted by Gasteiger charge is -2.11. The first kappa shape index (κ1) is 15.1. The number of carbonyl (C=O) groups excluding carboxylic acids is 1. The van der Waals surface area contributed by atoms with Crippen molar-refractivity contribution in [2.24, 2.45) is 5.92 Å². The molecule has 0 fully saturated rings. The van der Waals surface area contributed by atoms with E-state index in [-0.39, 0.29) is 17.4 Å². The maximum absolute atomic E-state index is 12.3.